The Labute approximate surface area is 392 Å². The van der Waals surface area contributed by atoms with E-state index < -0.39 is 0 Å². The van der Waals surface area contributed by atoms with Crippen LogP contribution in [0.3, 0.4) is 0 Å². The molecule has 0 radical (unpaired) electrons. The van der Waals surface area contributed by atoms with Crippen molar-refractivity contribution >= 4 is 56.0 Å². The first kappa shape index (κ1) is 46.1. The second-order valence-corrected chi connectivity index (χ2v) is 17.1. The van der Waals surface area contributed by atoms with Crippen molar-refractivity contribution in [2.45, 2.75) is 52.5 Å². The van der Waals surface area contributed by atoms with Crippen LogP contribution in [0.2, 0.25) is 0 Å². The Morgan fingerprint density at radius 3 is 2.40 bits per heavy atom. The van der Waals surface area contributed by atoms with Crippen LogP contribution in [0.1, 0.15) is 61.3 Å². The Morgan fingerprint density at radius 1 is 0.836 bits per heavy atom. The summed E-state index contributed by atoms with van der Waals surface area (Å²) in [5.74, 6) is 2.28. The summed E-state index contributed by atoms with van der Waals surface area (Å²) in [7, 11) is 0. The molecule has 3 aromatic carbocycles. The van der Waals surface area contributed by atoms with Crippen molar-refractivity contribution in [3.05, 3.63) is 126 Å². The molecule has 8 rings (SSSR count). The van der Waals surface area contributed by atoms with Crippen molar-refractivity contribution in [1.82, 2.24) is 40.1 Å². The van der Waals surface area contributed by atoms with E-state index >= 15 is 0 Å². The first-order chi connectivity index (χ1) is 32.7. The molecule has 8 aromatic rings. The molecule has 344 valence electrons. The number of phenolic OH excluding ortho intramolecular Hbond substituents is 1. The summed E-state index contributed by atoms with van der Waals surface area (Å²) in [6.45, 7) is 8.70. The van der Waals surface area contributed by atoms with Crippen LogP contribution in [-0.4, -0.2) is 85.9 Å². The topological polar surface area (TPSA) is 204 Å². The Hall–Kier alpha value is -7.43. The summed E-state index contributed by atoms with van der Waals surface area (Å²) >= 11 is 1.69. The van der Waals surface area contributed by atoms with Crippen LogP contribution in [0, 0.1) is 0 Å². The molecule has 67 heavy (non-hydrogen) atoms. The number of aromatic hydroxyl groups is 1. The van der Waals surface area contributed by atoms with Gasteiger partial charge in [0.25, 0.3) is 5.91 Å². The van der Waals surface area contributed by atoms with Gasteiger partial charge in [0.2, 0.25) is 5.91 Å². The number of carbonyl (C=O) groups is 2. The number of hydrogen-bond acceptors (Lipinski definition) is 13. The Bertz CT molecular complexity index is 2950. The molecule has 0 aliphatic rings. The van der Waals surface area contributed by atoms with Gasteiger partial charge in [0.1, 0.15) is 35.1 Å². The molecule has 5 heterocycles. The van der Waals surface area contributed by atoms with E-state index in [1.807, 2.05) is 67.8 Å². The van der Waals surface area contributed by atoms with E-state index in [9.17, 15) is 14.7 Å². The van der Waals surface area contributed by atoms with Gasteiger partial charge < -0.3 is 40.8 Å². The monoisotopic (exact) mass is 918 g/mol. The number of nitrogens with one attached hydrogen (secondary N) is 3. The number of aromatic nitrogens is 6. The minimum atomic E-state index is -0.304. The fourth-order valence-electron chi connectivity index (χ4n) is 7.77. The smallest absolute Gasteiger partial charge is 0.269 e. The van der Waals surface area contributed by atoms with Gasteiger partial charge in [-0.3, -0.25) is 14.6 Å². The summed E-state index contributed by atoms with van der Waals surface area (Å²) in [6, 6.07) is 26.9. The highest BCUT2D eigenvalue weighted by molar-refractivity contribution is 7.17. The van der Waals surface area contributed by atoms with Gasteiger partial charge in [-0.25, -0.2) is 19.9 Å². The average molecular weight is 919 g/mol. The SMILES string of the molecule is CCc1c(-c2ccc(C(=O)NCCCNC(=O)CCOCCOc3ccc(CCNc4nc(-c5csc6ccccc56)nc5c4ncn5C(C)C)cc3)nc2)cnc(N)c1-c1ccc(O)cc1. The van der Waals surface area contributed by atoms with E-state index in [1.165, 1.54) is 4.70 Å². The number of nitrogens with two attached hydrogens (primary N) is 1. The number of amides is 2. The first-order valence-corrected chi connectivity index (χ1v) is 23.4. The zero-order valence-corrected chi connectivity index (χ0v) is 38.6. The molecular formula is C51H54N10O5S. The lowest BCUT2D eigenvalue weighted by Crippen LogP contribution is -2.30. The summed E-state index contributed by atoms with van der Waals surface area (Å²) in [5, 5.41) is 22.3. The van der Waals surface area contributed by atoms with Crippen LogP contribution in [0.4, 0.5) is 11.6 Å². The molecule has 0 saturated carbocycles. The largest absolute Gasteiger partial charge is 0.508 e. The number of nitrogens with zero attached hydrogens (tertiary/aromatic N) is 6. The number of ether oxygens (including phenoxy) is 2. The summed E-state index contributed by atoms with van der Waals surface area (Å²) in [6.07, 6.45) is 7.45. The highest BCUT2D eigenvalue weighted by Crippen LogP contribution is 2.37. The van der Waals surface area contributed by atoms with E-state index in [1.54, 1.807) is 41.9 Å². The quantitative estimate of drug-likeness (QED) is 0.0430. The van der Waals surface area contributed by atoms with E-state index in [2.05, 4.69) is 66.8 Å². The van der Waals surface area contributed by atoms with Gasteiger partial charge in [0.05, 0.1) is 19.5 Å². The molecule has 16 heteroatoms. The maximum absolute atomic E-state index is 12.8. The number of anilines is 2. The van der Waals surface area contributed by atoms with Crippen molar-refractivity contribution in [2.75, 3.05) is 50.5 Å². The molecular weight excluding hydrogens is 865 g/mol. The lowest BCUT2D eigenvalue weighted by Gasteiger charge is -2.16. The van der Waals surface area contributed by atoms with Gasteiger partial charge in [-0.05, 0) is 86.2 Å². The molecule has 0 spiro atoms. The molecule has 2 amide bonds. The van der Waals surface area contributed by atoms with Crippen LogP contribution in [-0.2, 0) is 22.4 Å². The normalized spacial score (nSPS) is 11.3. The maximum Gasteiger partial charge on any atom is 0.269 e. The maximum atomic E-state index is 12.8. The summed E-state index contributed by atoms with van der Waals surface area (Å²) in [5.41, 5.74) is 14.6. The Kier molecular flexibility index (Phi) is 14.9. The minimum Gasteiger partial charge on any atom is -0.508 e. The molecule has 0 aliphatic carbocycles. The molecule has 0 aliphatic heterocycles. The van der Waals surface area contributed by atoms with E-state index in [0.29, 0.717) is 63.1 Å². The van der Waals surface area contributed by atoms with Crippen LogP contribution in [0.15, 0.2) is 109 Å². The number of phenols is 1. The number of fused-ring (bicyclic) bond motifs is 2. The summed E-state index contributed by atoms with van der Waals surface area (Å²) in [4.78, 5) is 48.6. The van der Waals surface area contributed by atoms with Gasteiger partial charge in [0, 0.05) is 82.2 Å². The third-order valence-corrected chi connectivity index (χ3v) is 12.3. The number of imidazole rings is 1. The van der Waals surface area contributed by atoms with Crippen molar-refractivity contribution < 1.29 is 24.2 Å². The number of pyridine rings is 2. The Morgan fingerprint density at radius 2 is 1.63 bits per heavy atom. The molecule has 0 atom stereocenters. The van der Waals surface area contributed by atoms with Gasteiger partial charge in [-0.1, -0.05) is 55.5 Å². The second-order valence-electron chi connectivity index (χ2n) is 16.2. The number of carbonyl (C=O) groups excluding carboxylic acids is 2. The molecule has 0 saturated heterocycles. The number of nitrogen functional groups attached to an aromatic ring is 1. The predicted molar refractivity (Wildman–Crippen MR) is 264 cm³/mol. The number of hydrogen-bond donors (Lipinski definition) is 5. The van der Waals surface area contributed by atoms with E-state index in [-0.39, 0.29) is 42.3 Å². The zero-order chi connectivity index (χ0) is 46.7. The van der Waals surface area contributed by atoms with Crippen LogP contribution < -0.4 is 26.4 Å². The fraction of sp³-hybridized carbons (Fsp3) is 0.275. The van der Waals surface area contributed by atoms with Crippen LogP contribution in [0.5, 0.6) is 11.5 Å². The van der Waals surface area contributed by atoms with E-state index in [0.717, 1.165) is 67.7 Å². The zero-order valence-electron chi connectivity index (χ0n) is 37.8. The lowest BCUT2D eigenvalue weighted by molar-refractivity contribution is -0.122. The number of rotatable bonds is 21. The third kappa shape index (κ3) is 11.2. The predicted octanol–water partition coefficient (Wildman–Crippen LogP) is 8.64. The summed E-state index contributed by atoms with van der Waals surface area (Å²) < 4.78 is 14.8. The Balaban J connectivity index is 0.706. The van der Waals surface area contributed by atoms with Crippen LogP contribution >= 0.6 is 11.3 Å². The molecule has 5 aromatic heterocycles. The highest BCUT2D eigenvalue weighted by Gasteiger charge is 2.19. The molecule has 6 N–H and O–H groups in total. The van der Waals surface area contributed by atoms with Gasteiger partial charge >= 0.3 is 0 Å². The van der Waals surface area contributed by atoms with Crippen LogP contribution in [0.25, 0.3) is 54.9 Å². The first-order valence-electron chi connectivity index (χ1n) is 22.5. The highest BCUT2D eigenvalue weighted by atomic mass is 32.1. The van der Waals surface area contributed by atoms with Crippen molar-refractivity contribution in [1.29, 1.82) is 0 Å². The van der Waals surface area contributed by atoms with E-state index in [4.69, 9.17) is 25.2 Å². The van der Waals surface area contributed by atoms with Crippen molar-refractivity contribution in [2.24, 2.45) is 0 Å². The van der Waals surface area contributed by atoms with Gasteiger partial charge in [-0.15, -0.1) is 11.3 Å². The minimum absolute atomic E-state index is 0.127. The molecule has 0 unspecified atom stereocenters. The molecule has 15 nitrogen and oxygen atoms in total. The lowest BCUT2D eigenvalue weighted by atomic mass is 9.92. The molecule has 0 fully saturated rings. The third-order valence-electron chi connectivity index (χ3n) is 11.3. The standard InChI is InChI=1S/C51H54N10O5S/c1-4-38-40(29-57-47(52)45(38)34-12-15-36(62)16-13-34)35-14-19-42(56-28-35)51(64)55-23-7-22-53-44(63)21-25-65-26-27-66-37-17-10-33(11-18-37)20-24-54-49-46-50(61(31-58-46)32(2)3)60-48(59-49)41-30-67-43-9-6-5-8-39(41)43/h5-6,8-19,28-32,62H,4,7,20-27H2,1-3H3,(H2,52,57)(H,53,63)(H,55,64)(H,54,59,60). The molecule has 0 bridgehead atoms. The average Bonchev–Trinajstić information content (AvgIpc) is 3.99. The van der Waals surface area contributed by atoms with Crippen molar-refractivity contribution in [3.8, 4) is 45.1 Å². The second kappa shape index (κ2) is 21.7. The number of benzene rings is 3. The van der Waals surface area contributed by atoms with Crippen molar-refractivity contribution in [3.63, 3.8) is 0 Å². The van der Waals surface area contributed by atoms with Gasteiger partial charge in [0.15, 0.2) is 17.3 Å². The number of thiophene rings is 1. The fourth-order valence-corrected chi connectivity index (χ4v) is 8.71. The van der Waals surface area contributed by atoms with Gasteiger partial charge in [-0.2, -0.15) is 0 Å².